The lowest BCUT2D eigenvalue weighted by molar-refractivity contribution is -0.352. The molecule has 0 radical (unpaired) electrons. The van der Waals surface area contributed by atoms with Crippen LogP contribution < -0.4 is 0 Å². The number of hydrogen-bond donors (Lipinski definition) is 0. The van der Waals surface area contributed by atoms with Gasteiger partial charge in [0.05, 0.1) is 16.0 Å². The van der Waals surface area contributed by atoms with Crippen LogP contribution in [0.15, 0.2) is 89.8 Å². The van der Waals surface area contributed by atoms with E-state index in [0.717, 1.165) is 12.1 Å². The van der Waals surface area contributed by atoms with Gasteiger partial charge in [0.15, 0.2) is 0 Å². The van der Waals surface area contributed by atoms with Crippen LogP contribution in [0.3, 0.4) is 0 Å². The second kappa shape index (κ2) is 10.9. The summed E-state index contributed by atoms with van der Waals surface area (Å²) in [6.07, 6.45) is -7.04. The number of hydrogen-bond acceptors (Lipinski definition) is 8. The number of aryl methyl sites for hydroxylation is 1. The van der Waals surface area contributed by atoms with Crippen molar-refractivity contribution in [1.82, 2.24) is 5.06 Å². The topological polar surface area (TPSA) is 124 Å². The third kappa shape index (κ3) is 5.55. The van der Waals surface area contributed by atoms with E-state index in [2.05, 4.69) is 8.47 Å². The molecule has 3 aromatic carbocycles. The minimum absolute atomic E-state index is 0.0439. The number of nitrogens with zero attached hydrogens (tertiary/aromatic N) is 1. The third-order valence-corrected chi connectivity index (χ3v) is 8.47. The average molecular weight is 650 g/mol. The third-order valence-electron chi connectivity index (χ3n) is 5.93. The quantitative estimate of drug-likeness (QED) is 0.185. The maximum Gasteiger partial charge on any atom is 0.457 e. The fourth-order valence-electron chi connectivity index (χ4n) is 3.79. The van der Waals surface area contributed by atoms with Crippen molar-refractivity contribution < 1.29 is 61.2 Å². The lowest BCUT2D eigenvalue weighted by atomic mass is 9.96. The first kappa shape index (κ1) is 31.9. The van der Waals surface area contributed by atoms with Crippen molar-refractivity contribution in [2.75, 3.05) is 0 Å². The van der Waals surface area contributed by atoms with E-state index >= 15 is 13.2 Å². The van der Waals surface area contributed by atoms with Gasteiger partial charge in [-0.05, 0) is 30.2 Å². The SMILES string of the molecule is Cc1ccc(S(=O)(=O)OC(F)(C(F)(F)F)C(F)(F)S(=O)(=O)ON2C(=O)C(c3ccccc3)=C(c3ccccc3)C2=O)cc1. The Bertz CT molecular complexity index is 1750. The first-order chi connectivity index (χ1) is 19.8. The van der Waals surface area contributed by atoms with Crippen molar-refractivity contribution in [3.63, 3.8) is 0 Å². The number of imide groups is 1. The van der Waals surface area contributed by atoms with Gasteiger partial charge in [0.2, 0.25) is 0 Å². The van der Waals surface area contributed by atoms with Gasteiger partial charge in [-0.1, -0.05) is 78.4 Å². The summed E-state index contributed by atoms with van der Waals surface area (Å²) in [5, 5.41) is -7.71. The number of halogens is 6. The Balaban J connectivity index is 1.77. The minimum atomic E-state index is -7.38. The molecule has 1 unspecified atom stereocenters. The number of carbonyl (C=O) groups is 2. The molecule has 43 heavy (non-hydrogen) atoms. The van der Waals surface area contributed by atoms with Crippen molar-refractivity contribution in [3.8, 4) is 0 Å². The molecular formula is C26H17F6NO8S2. The number of hydroxylamine groups is 2. The molecule has 0 spiro atoms. The van der Waals surface area contributed by atoms with E-state index in [4.69, 9.17) is 0 Å². The summed E-state index contributed by atoms with van der Waals surface area (Å²) >= 11 is 0. The maximum atomic E-state index is 15.2. The molecule has 17 heteroatoms. The highest BCUT2D eigenvalue weighted by Gasteiger charge is 2.81. The van der Waals surface area contributed by atoms with Gasteiger partial charge in [-0.3, -0.25) is 9.59 Å². The lowest BCUT2D eigenvalue weighted by Gasteiger charge is -2.32. The fraction of sp³-hybridized carbons (Fsp3) is 0.154. The van der Waals surface area contributed by atoms with Crippen molar-refractivity contribution in [2.45, 2.75) is 29.1 Å². The summed E-state index contributed by atoms with van der Waals surface area (Å²) in [7, 11) is -13.4. The monoisotopic (exact) mass is 649 g/mol. The Morgan fingerprint density at radius 2 is 1.07 bits per heavy atom. The molecule has 2 amide bonds. The molecule has 0 saturated carbocycles. The van der Waals surface area contributed by atoms with Gasteiger partial charge in [0.25, 0.3) is 21.9 Å². The molecule has 1 atom stereocenters. The van der Waals surface area contributed by atoms with Gasteiger partial charge in [-0.2, -0.15) is 43.2 Å². The summed E-state index contributed by atoms with van der Waals surface area (Å²) in [4.78, 5) is 25.1. The molecule has 0 N–H and O–H groups in total. The number of alkyl halides is 6. The highest BCUT2D eigenvalue weighted by molar-refractivity contribution is 7.88. The van der Waals surface area contributed by atoms with Crippen molar-refractivity contribution in [3.05, 3.63) is 102 Å². The number of benzene rings is 3. The summed E-state index contributed by atoms with van der Waals surface area (Å²) in [5.41, 5.74) is -0.900. The standard InChI is InChI=1S/C26H17F6NO8S2/c1-16-12-14-19(15-13-16)42(36,37)40-24(27,25(28,29)30)26(31,32)43(38,39)41-33-22(34)20(17-8-4-2-5-9-17)21(23(33)35)18-10-6-3-7-11-18/h2-15H,1H3. The zero-order valence-electron chi connectivity index (χ0n) is 21.4. The van der Waals surface area contributed by atoms with Crippen LogP contribution in [0.5, 0.6) is 0 Å². The Morgan fingerprint density at radius 3 is 1.47 bits per heavy atom. The fourth-order valence-corrected chi connectivity index (χ4v) is 5.82. The number of amides is 2. The van der Waals surface area contributed by atoms with Gasteiger partial charge in [-0.25, -0.2) is 4.18 Å². The summed E-state index contributed by atoms with van der Waals surface area (Å²) in [5.74, 6) is -10.2. The predicted molar refractivity (Wildman–Crippen MR) is 136 cm³/mol. The van der Waals surface area contributed by atoms with E-state index in [1.807, 2.05) is 0 Å². The van der Waals surface area contributed by atoms with Crippen LogP contribution in [-0.4, -0.2) is 51.0 Å². The summed E-state index contributed by atoms with van der Waals surface area (Å²) in [6, 6.07) is 16.9. The predicted octanol–water partition coefficient (Wildman–Crippen LogP) is 4.76. The molecular weight excluding hydrogens is 632 g/mol. The molecule has 4 rings (SSSR count). The number of carbonyl (C=O) groups excluding carboxylic acids is 2. The van der Waals surface area contributed by atoms with Crippen LogP contribution in [0.2, 0.25) is 0 Å². The average Bonchev–Trinajstić information content (AvgIpc) is 3.17. The van der Waals surface area contributed by atoms with Crippen molar-refractivity contribution in [1.29, 1.82) is 0 Å². The van der Waals surface area contributed by atoms with Gasteiger partial charge >= 0.3 is 27.4 Å². The highest BCUT2D eigenvalue weighted by Crippen LogP contribution is 2.51. The van der Waals surface area contributed by atoms with Crippen LogP contribution >= 0.6 is 0 Å². The van der Waals surface area contributed by atoms with E-state index in [1.54, 1.807) is 0 Å². The molecule has 0 bridgehead atoms. The van der Waals surface area contributed by atoms with E-state index in [0.29, 0.717) is 17.7 Å². The second-order valence-corrected chi connectivity index (χ2v) is 12.0. The zero-order valence-corrected chi connectivity index (χ0v) is 23.0. The van der Waals surface area contributed by atoms with Crippen molar-refractivity contribution in [2.24, 2.45) is 0 Å². The molecule has 0 aliphatic carbocycles. The molecule has 1 aliphatic heterocycles. The van der Waals surface area contributed by atoms with Gasteiger partial charge < -0.3 is 0 Å². The lowest BCUT2D eigenvalue weighted by Crippen LogP contribution is -2.62. The molecule has 9 nitrogen and oxygen atoms in total. The first-order valence-electron chi connectivity index (χ1n) is 11.7. The zero-order chi connectivity index (χ0) is 32.0. The molecule has 228 valence electrons. The molecule has 3 aromatic rings. The normalized spacial score (nSPS) is 16.5. The van der Waals surface area contributed by atoms with E-state index in [-0.39, 0.29) is 11.1 Å². The van der Waals surface area contributed by atoms with Gasteiger partial charge in [0, 0.05) is 0 Å². The van der Waals surface area contributed by atoms with Gasteiger partial charge in [0.1, 0.15) is 0 Å². The van der Waals surface area contributed by atoms with E-state index in [1.165, 1.54) is 67.6 Å². The maximum absolute atomic E-state index is 15.2. The Morgan fingerprint density at radius 1 is 0.651 bits per heavy atom. The Labute approximate surface area is 240 Å². The molecule has 0 saturated heterocycles. The van der Waals surface area contributed by atoms with Crippen LogP contribution in [0, 0.1) is 6.92 Å². The van der Waals surface area contributed by atoms with E-state index in [9.17, 15) is 39.6 Å². The highest BCUT2D eigenvalue weighted by atomic mass is 32.2. The van der Waals surface area contributed by atoms with Crippen LogP contribution in [0.4, 0.5) is 26.3 Å². The van der Waals surface area contributed by atoms with Crippen LogP contribution in [-0.2, 0) is 38.3 Å². The van der Waals surface area contributed by atoms with Crippen LogP contribution in [0.25, 0.3) is 11.1 Å². The van der Waals surface area contributed by atoms with E-state index < -0.39 is 70.4 Å². The van der Waals surface area contributed by atoms with Gasteiger partial charge in [-0.15, -0.1) is 9.35 Å². The minimum Gasteiger partial charge on any atom is -0.266 e. The number of rotatable bonds is 9. The molecule has 0 fully saturated rings. The Kier molecular flexibility index (Phi) is 8.07. The molecule has 1 aliphatic rings. The smallest absolute Gasteiger partial charge is 0.266 e. The summed E-state index contributed by atoms with van der Waals surface area (Å²) < 4.78 is 144. The molecule has 0 aromatic heterocycles. The Hall–Kier alpha value is -4.06. The van der Waals surface area contributed by atoms with Crippen LogP contribution in [0.1, 0.15) is 16.7 Å². The first-order valence-corrected chi connectivity index (χ1v) is 14.5. The summed E-state index contributed by atoms with van der Waals surface area (Å²) in [6.45, 7) is 1.42. The van der Waals surface area contributed by atoms with Crippen molar-refractivity contribution >= 4 is 43.2 Å². The largest absolute Gasteiger partial charge is 0.457 e. The second-order valence-electron chi connectivity index (χ2n) is 8.88. The molecule has 1 heterocycles.